The third kappa shape index (κ3) is 8.64. The molecule has 0 bridgehead atoms. The molecule has 1 heterocycles. The first-order chi connectivity index (χ1) is 17.7. The van der Waals surface area contributed by atoms with Crippen LogP contribution in [0.1, 0.15) is 49.4 Å². The Kier molecular flexibility index (Phi) is 12.4. The number of rotatable bonds is 12. The van der Waals surface area contributed by atoms with Crippen LogP contribution < -0.4 is 44.1 Å². The average molecular weight is 532 g/mol. The Morgan fingerprint density at radius 3 is 2.45 bits per heavy atom. The second kappa shape index (κ2) is 15.0. The van der Waals surface area contributed by atoms with Crippen molar-refractivity contribution >= 4 is 12.0 Å². The summed E-state index contributed by atoms with van der Waals surface area (Å²) in [5.74, 6) is -0.829. The summed E-state index contributed by atoms with van der Waals surface area (Å²) in [6.45, 7) is 4.18. The van der Waals surface area contributed by atoms with Gasteiger partial charge in [-0.3, -0.25) is 4.98 Å². The van der Waals surface area contributed by atoms with Gasteiger partial charge in [-0.15, -0.1) is 0 Å². The number of aliphatic hydroxyl groups is 2. The van der Waals surface area contributed by atoms with Crippen molar-refractivity contribution in [2.45, 2.75) is 51.4 Å². The van der Waals surface area contributed by atoms with E-state index >= 15 is 0 Å². The number of carbonyl (C=O) groups is 1. The van der Waals surface area contributed by atoms with Crippen molar-refractivity contribution in [3.63, 3.8) is 0 Å². The maximum absolute atomic E-state index is 13.8. The molecule has 0 fully saturated rings. The van der Waals surface area contributed by atoms with Gasteiger partial charge >= 0.3 is 29.6 Å². The van der Waals surface area contributed by atoms with Gasteiger partial charge in [-0.2, -0.15) is 0 Å². The van der Waals surface area contributed by atoms with E-state index in [1.165, 1.54) is 18.2 Å². The maximum atomic E-state index is 13.8. The minimum atomic E-state index is -1.39. The number of benzene rings is 2. The Balaban J connectivity index is 0.00000507. The van der Waals surface area contributed by atoms with Crippen molar-refractivity contribution in [3.8, 4) is 22.6 Å². The molecule has 3 rings (SSSR count). The minimum Gasteiger partial charge on any atom is -0.550 e. The number of methoxy groups -OCH3 is 1. The van der Waals surface area contributed by atoms with Crippen LogP contribution in [0.5, 0.6) is 11.5 Å². The summed E-state index contributed by atoms with van der Waals surface area (Å²) >= 11 is 0. The fourth-order valence-corrected chi connectivity index (χ4v) is 4.00. The number of hydrogen-bond donors (Lipinski definition) is 2. The molecule has 9 heteroatoms. The van der Waals surface area contributed by atoms with Gasteiger partial charge < -0.3 is 29.6 Å². The van der Waals surface area contributed by atoms with Crippen molar-refractivity contribution in [2.24, 2.45) is 0 Å². The van der Waals surface area contributed by atoms with E-state index in [1.54, 1.807) is 31.5 Å². The average Bonchev–Trinajstić information content (AvgIpc) is 2.86. The zero-order chi connectivity index (χ0) is 26.9. The molecule has 7 nitrogen and oxygen atoms in total. The second-order valence-electron chi connectivity index (χ2n) is 8.95. The molecule has 2 atom stereocenters. The third-order valence-electron chi connectivity index (χ3n) is 5.78. The maximum Gasteiger partial charge on any atom is 1.00 e. The van der Waals surface area contributed by atoms with E-state index in [-0.39, 0.29) is 54.3 Å². The molecule has 3 aromatic rings. The Bertz CT molecular complexity index is 1220. The number of hydrogen-bond acceptors (Lipinski definition) is 7. The minimum absolute atomic E-state index is 0. The van der Waals surface area contributed by atoms with E-state index in [9.17, 15) is 24.5 Å². The summed E-state index contributed by atoms with van der Waals surface area (Å²) < 4.78 is 25.7. The van der Waals surface area contributed by atoms with Crippen LogP contribution in [0.2, 0.25) is 0 Å². The van der Waals surface area contributed by atoms with Gasteiger partial charge in [0.1, 0.15) is 12.4 Å². The molecule has 0 aliphatic heterocycles. The summed E-state index contributed by atoms with van der Waals surface area (Å²) in [4.78, 5) is 15.1. The van der Waals surface area contributed by atoms with Gasteiger partial charge in [0.05, 0.1) is 25.0 Å². The van der Waals surface area contributed by atoms with Crippen LogP contribution >= 0.6 is 0 Å². The first kappa shape index (κ1) is 31.5. The Morgan fingerprint density at radius 1 is 1.16 bits per heavy atom. The molecule has 2 aromatic carbocycles. The Morgan fingerprint density at radius 2 is 1.87 bits per heavy atom. The number of carboxylic acids is 1. The first-order valence-corrected chi connectivity index (χ1v) is 12.0. The number of carbonyl (C=O) groups excluding carboxylic acids is 1. The molecule has 0 saturated heterocycles. The van der Waals surface area contributed by atoms with Crippen molar-refractivity contribution in [2.75, 3.05) is 7.11 Å². The summed E-state index contributed by atoms with van der Waals surface area (Å²) in [6, 6.07) is 13.3. The van der Waals surface area contributed by atoms with Gasteiger partial charge in [0.15, 0.2) is 11.5 Å². The molecule has 0 aliphatic rings. The predicted octanol–water partition coefficient (Wildman–Crippen LogP) is 0.868. The van der Waals surface area contributed by atoms with E-state index < -0.39 is 24.6 Å². The van der Waals surface area contributed by atoms with Crippen LogP contribution in [0.25, 0.3) is 17.2 Å². The summed E-state index contributed by atoms with van der Waals surface area (Å²) in [5.41, 5.74) is 3.62. The zero-order valence-electron chi connectivity index (χ0n) is 22.1. The molecule has 1 aromatic heterocycles. The molecular weight excluding hydrogens is 500 g/mol. The molecule has 0 amide bonds. The Hall–Kier alpha value is -2.75. The van der Waals surface area contributed by atoms with Gasteiger partial charge in [0.2, 0.25) is 0 Å². The molecule has 0 saturated carbocycles. The smallest absolute Gasteiger partial charge is 0.550 e. The summed E-state index contributed by atoms with van der Waals surface area (Å²) in [7, 11) is 1.54. The topological polar surface area (TPSA) is 112 Å². The molecule has 0 radical (unpaired) electrons. The molecule has 196 valence electrons. The van der Waals surface area contributed by atoms with Crippen molar-refractivity contribution < 1.29 is 63.5 Å². The quantitative estimate of drug-likeness (QED) is 0.334. The largest absolute Gasteiger partial charge is 1.00 e. The van der Waals surface area contributed by atoms with Crippen molar-refractivity contribution in [3.05, 3.63) is 83.4 Å². The molecule has 0 spiro atoms. The fraction of sp³-hybridized carbons (Fsp3) is 0.310. The number of aliphatic carboxylic acids is 1. The predicted molar refractivity (Wildman–Crippen MR) is 136 cm³/mol. The van der Waals surface area contributed by atoms with Crippen molar-refractivity contribution in [1.82, 2.24) is 4.98 Å². The SMILES string of the molecule is COc1cc(C(C)C)c(/C=C/C(O)CC(O)CC(=O)[O-])c(-c2ccc(F)cc2)c1OCc1ccccn1.[Na+]. The number of aromatic nitrogens is 1. The monoisotopic (exact) mass is 531 g/mol. The summed E-state index contributed by atoms with van der Waals surface area (Å²) in [5, 5.41) is 31.1. The van der Waals surface area contributed by atoms with Crippen LogP contribution in [-0.2, 0) is 11.4 Å². The number of pyridine rings is 1. The van der Waals surface area contributed by atoms with Crippen LogP contribution in [0.4, 0.5) is 4.39 Å². The number of ether oxygens (including phenoxy) is 2. The zero-order valence-corrected chi connectivity index (χ0v) is 24.1. The number of aliphatic hydroxyl groups excluding tert-OH is 2. The van der Waals surface area contributed by atoms with E-state index in [0.717, 1.165) is 5.56 Å². The third-order valence-corrected chi connectivity index (χ3v) is 5.78. The van der Waals surface area contributed by atoms with Crippen LogP contribution in [0.3, 0.4) is 0 Å². The number of halogens is 1. The van der Waals surface area contributed by atoms with Gasteiger partial charge in [0, 0.05) is 30.6 Å². The van der Waals surface area contributed by atoms with Crippen LogP contribution in [-0.4, -0.2) is 40.5 Å². The molecule has 38 heavy (non-hydrogen) atoms. The normalized spacial score (nSPS) is 12.7. The van der Waals surface area contributed by atoms with E-state index in [0.29, 0.717) is 33.9 Å². The van der Waals surface area contributed by atoms with Gasteiger partial charge in [-0.05, 0) is 52.9 Å². The van der Waals surface area contributed by atoms with Crippen LogP contribution in [0, 0.1) is 5.82 Å². The van der Waals surface area contributed by atoms with Gasteiger partial charge in [-0.25, -0.2) is 4.39 Å². The van der Waals surface area contributed by atoms with Crippen molar-refractivity contribution in [1.29, 1.82) is 0 Å². The van der Waals surface area contributed by atoms with Crippen LogP contribution in [0.15, 0.2) is 60.8 Å². The van der Waals surface area contributed by atoms with Gasteiger partial charge in [0.25, 0.3) is 0 Å². The summed E-state index contributed by atoms with van der Waals surface area (Å²) in [6.07, 6.45) is 1.75. The van der Waals surface area contributed by atoms with E-state index in [1.807, 2.05) is 38.1 Å². The Labute approximate surface area is 244 Å². The first-order valence-electron chi connectivity index (χ1n) is 12.0. The number of nitrogens with zero attached hydrogens (tertiary/aromatic N) is 1. The molecule has 0 aliphatic carbocycles. The van der Waals surface area contributed by atoms with Gasteiger partial charge in [-0.1, -0.05) is 44.2 Å². The standard InChI is InChI=1S/C29H32FNO6.Na/c1-18(2)25-16-26(36-3)29(37-17-21-6-4-5-13-31-21)28(19-7-9-20(30)10-8-19)24(25)12-11-22(32)14-23(33)15-27(34)35;/h4-13,16,18,22-23,32-33H,14-15,17H2,1-3H3,(H,34,35);/q;+1/p-1/b12-11+;. The molecule has 2 unspecified atom stereocenters. The second-order valence-corrected chi connectivity index (χ2v) is 8.95. The number of carboxylic acid groups (broad SMARTS) is 1. The molecule has 2 N–H and O–H groups in total. The fourth-order valence-electron chi connectivity index (χ4n) is 4.00. The van der Waals surface area contributed by atoms with E-state index in [2.05, 4.69) is 4.98 Å². The molecular formula is C29H31FNNaO6. The van der Waals surface area contributed by atoms with E-state index in [4.69, 9.17) is 9.47 Å².